The topological polar surface area (TPSA) is 56.3 Å². The zero-order valence-electron chi connectivity index (χ0n) is 15.9. The van der Waals surface area contributed by atoms with Crippen LogP contribution < -0.4 is 0 Å². The molecule has 0 bridgehead atoms. The summed E-state index contributed by atoms with van der Waals surface area (Å²) < 4.78 is 5.78. The number of aryl methyl sites for hydroxylation is 1. The quantitative estimate of drug-likeness (QED) is 0.646. The first-order valence-electron chi connectivity index (χ1n) is 8.65. The molecule has 142 valence electrons. The van der Waals surface area contributed by atoms with Crippen LogP contribution in [0.25, 0.3) is 11.3 Å². The summed E-state index contributed by atoms with van der Waals surface area (Å²) in [4.78, 5) is 30.4. The monoisotopic (exact) mass is 405 g/mol. The third-order valence-corrected chi connectivity index (χ3v) is 5.39. The van der Waals surface area contributed by atoms with E-state index in [0.717, 1.165) is 11.1 Å². The molecule has 0 N–H and O–H groups in total. The molecule has 1 aliphatic heterocycles. The highest BCUT2D eigenvalue weighted by Gasteiger charge is 2.53. The first-order chi connectivity index (χ1) is 12.4. The summed E-state index contributed by atoms with van der Waals surface area (Å²) in [5.41, 5.74) is 0.665. The average molecular weight is 406 g/mol. The summed E-state index contributed by atoms with van der Waals surface area (Å²) in [6.45, 7) is 8.69. The molecule has 4 nitrogen and oxygen atoms in total. The minimum atomic E-state index is -1.05. The summed E-state index contributed by atoms with van der Waals surface area (Å²) in [5.74, 6) is -1.39. The summed E-state index contributed by atoms with van der Waals surface area (Å²) in [5, 5.41) is 0.844. The predicted octanol–water partition coefficient (Wildman–Crippen LogP) is 5.17. The Balaban J connectivity index is 2.16. The number of Topliss-reactive ketones (excluding diaryl/α,β-unsaturated/α-hetero) is 2. The van der Waals surface area contributed by atoms with Crippen LogP contribution in [0.5, 0.6) is 0 Å². The molecule has 2 aromatic rings. The van der Waals surface area contributed by atoms with E-state index in [2.05, 4.69) is 4.98 Å². The number of rotatable bonds is 2. The second-order valence-corrected chi connectivity index (χ2v) is 8.68. The molecule has 27 heavy (non-hydrogen) atoms. The first-order valence-corrected chi connectivity index (χ1v) is 9.40. The molecule has 1 fully saturated rings. The maximum atomic E-state index is 13.1. The highest BCUT2D eigenvalue weighted by molar-refractivity contribution is 6.36. The molecule has 6 heteroatoms. The van der Waals surface area contributed by atoms with Gasteiger partial charge >= 0.3 is 0 Å². The van der Waals surface area contributed by atoms with Crippen molar-refractivity contribution in [3.63, 3.8) is 0 Å². The van der Waals surface area contributed by atoms with Crippen molar-refractivity contribution in [2.45, 2.75) is 51.7 Å². The zero-order chi connectivity index (χ0) is 20.1. The molecule has 0 spiro atoms. The van der Waals surface area contributed by atoms with Crippen molar-refractivity contribution >= 4 is 34.8 Å². The molecule has 0 unspecified atom stereocenters. The van der Waals surface area contributed by atoms with Crippen LogP contribution in [0.1, 0.15) is 44.7 Å². The van der Waals surface area contributed by atoms with Crippen molar-refractivity contribution < 1.29 is 14.3 Å². The Morgan fingerprint density at radius 1 is 1.00 bits per heavy atom. The van der Waals surface area contributed by atoms with Gasteiger partial charge in [-0.15, -0.1) is 0 Å². The van der Waals surface area contributed by atoms with Crippen LogP contribution in [0.2, 0.25) is 10.0 Å². The summed E-state index contributed by atoms with van der Waals surface area (Å²) in [6.07, 6.45) is 1.51. The molecule has 0 aliphatic carbocycles. The molecular weight excluding hydrogens is 385 g/mol. The molecule has 2 heterocycles. The molecule has 0 amide bonds. The molecule has 1 aliphatic rings. The van der Waals surface area contributed by atoms with Gasteiger partial charge in [0.05, 0.1) is 15.7 Å². The SMILES string of the molecule is Cc1ccc(-c2ncc(Cl)cc2Cl)cc1C1C(=O)C(C)(C)OC(C)(C)C1=O. The molecule has 1 saturated heterocycles. The Bertz CT molecular complexity index is 924. The molecular formula is C21H21Cl2NO3. The number of halogens is 2. The third kappa shape index (κ3) is 3.54. The van der Waals surface area contributed by atoms with E-state index in [1.165, 1.54) is 6.20 Å². The number of ketones is 2. The van der Waals surface area contributed by atoms with Gasteiger partial charge in [-0.05, 0) is 57.9 Å². The van der Waals surface area contributed by atoms with Gasteiger partial charge in [0, 0.05) is 11.8 Å². The number of nitrogens with zero attached hydrogens (tertiary/aromatic N) is 1. The van der Waals surface area contributed by atoms with E-state index in [-0.39, 0.29) is 11.6 Å². The van der Waals surface area contributed by atoms with Gasteiger partial charge in [0.2, 0.25) is 0 Å². The van der Waals surface area contributed by atoms with Crippen LogP contribution in [0.15, 0.2) is 30.5 Å². The van der Waals surface area contributed by atoms with Crippen molar-refractivity contribution in [2.24, 2.45) is 0 Å². The van der Waals surface area contributed by atoms with Crippen molar-refractivity contribution in [1.29, 1.82) is 0 Å². The largest absolute Gasteiger partial charge is 0.354 e. The highest BCUT2D eigenvalue weighted by Crippen LogP contribution is 2.40. The standard InChI is InChI=1S/C21H21Cl2NO3/c1-11-6-7-12(17-15(23)9-13(22)10-24-17)8-14(11)16-18(25)20(2,3)27-21(4,5)19(16)26/h6-10,16H,1-5H3. The van der Waals surface area contributed by atoms with Gasteiger partial charge in [-0.3, -0.25) is 14.6 Å². The fraction of sp³-hybridized carbons (Fsp3) is 0.381. The van der Waals surface area contributed by atoms with Crippen LogP contribution in [-0.2, 0) is 14.3 Å². The molecule has 1 aromatic carbocycles. The van der Waals surface area contributed by atoms with Crippen molar-refractivity contribution in [3.05, 3.63) is 51.6 Å². The first kappa shape index (κ1) is 20.0. The summed E-state index contributed by atoms with van der Waals surface area (Å²) >= 11 is 12.2. The van der Waals surface area contributed by atoms with Gasteiger partial charge in [-0.25, -0.2) is 0 Å². The number of carbonyl (C=O) groups is 2. The van der Waals surface area contributed by atoms with Gasteiger partial charge < -0.3 is 4.74 Å². The number of aromatic nitrogens is 1. The number of benzene rings is 1. The van der Waals surface area contributed by atoms with E-state index in [9.17, 15) is 9.59 Å². The lowest BCUT2D eigenvalue weighted by Gasteiger charge is -2.43. The van der Waals surface area contributed by atoms with Gasteiger partial charge in [-0.1, -0.05) is 35.3 Å². The van der Waals surface area contributed by atoms with E-state index in [0.29, 0.717) is 21.3 Å². The fourth-order valence-electron chi connectivity index (χ4n) is 3.56. The van der Waals surface area contributed by atoms with Crippen LogP contribution in [0.3, 0.4) is 0 Å². The maximum absolute atomic E-state index is 13.1. The van der Waals surface area contributed by atoms with E-state index in [1.54, 1.807) is 33.8 Å². The van der Waals surface area contributed by atoms with Crippen molar-refractivity contribution in [1.82, 2.24) is 4.98 Å². The number of hydrogen-bond acceptors (Lipinski definition) is 4. The lowest BCUT2D eigenvalue weighted by Crippen LogP contribution is -2.58. The normalized spacial score (nSPS) is 19.4. The lowest BCUT2D eigenvalue weighted by atomic mass is 9.74. The minimum absolute atomic E-state index is 0.248. The van der Waals surface area contributed by atoms with E-state index in [4.69, 9.17) is 27.9 Å². The smallest absolute Gasteiger partial charge is 0.179 e. The Morgan fingerprint density at radius 3 is 2.15 bits per heavy atom. The number of pyridine rings is 1. The van der Waals surface area contributed by atoms with Crippen LogP contribution in [0, 0.1) is 6.92 Å². The molecule has 0 atom stereocenters. The second kappa shape index (κ2) is 6.69. The van der Waals surface area contributed by atoms with Crippen LogP contribution in [0.4, 0.5) is 0 Å². The summed E-state index contributed by atoms with van der Waals surface area (Å²) in [7, 11) is 0. The van der Waals surface area contributed by atoms with Crippen molar-refractivity contribution in [2.75, 3.05) is 0 Å². The second-order valence-electron chi connectivity index (χ2n) is 7.84. The van der Waals surface area contributed by atoms with E-state index in [1.807, 2.05) is 25.1 Å². The zero-order valence-corrected chi connectivity index (χ0v) is 17.4. The summed E-state index contributed by atoms with van der Waals surface area (Å²) in [6, 6.07) is 7.16. The van der Waals surface area contributed by atoms with Gasteiger partial charge in [-0.2, -0.15) is 0 Å². The average Bonchev–Trinajstić information content (AvgIpc) is 2.55. The Kier molecular flexibility index (Phi) is 4.96. The van der Waals surface area contributed by atoms with Gasteiger partial charge in [0.1, 0.15) is 17.1 Å². The predicted molar refractivity (Wildman–Crippen MR) is 106 cm³/mol. The number of hydrogen-bond donors (Lipinski definition) is 0. The maximum Gasteiger partial charge on any atom is 0.179 e. The van der Waals surface area contributed by atoms with Gasteiger partial charge in [0.25, 0.3) is 0 Å². The van der Waals surface area contributed by atoms with Crippen LogP contribution in [-0.4, -0.2) is 27.8 Å². The molecule has 3 rings (SSSR count). The van der Waals surface area contributed by atoms with E-state index < -0.39 is 17.1 Å². The Labute approximate surface area is 168 Å². The number of ether oxygens (including phenoxy) is 1. The third-order valence-electron chi connectivity index (χ3n) is 4.89. The minimum Gasteiger partial charge on any atom is -0.354 e. The van der Waals surface area contributed by atoms with Gasteiger partial charge in [0.15, 0.2) is 11.6 Å². The molecule has 1 aromatic heterocycles. The lowest BCUT2D eigenvalue weighted by molar-refractivity contribution is -0.184. The van der Waals surface area contributed by atoms with Crippen molar-refractivity contribution in [3.8, 4) is 11.3 Å². The molecule has 0 radical (unpaired) electrons. The van der Waals surface area contributed by atoms with Crippen LogP contribution >= 0.6 is 23.2 Å². The Hall–Kier alpha value is -1.75. The highest BCUT2D eigenvalue weighted by atomic mass is 35.5. The van der Waals surface area contributed by atoms with E-state index >= 15 is 0 Å². The number of carbonyl (C=O) groups excluding carboxylic acids is 2. The fourth-order valence-corrected chi connectivity index (χ4v) is 4.05. The Morgan fingerprint density at radius 2 is 1.59 bits per heavy atom. The molecule has 0 saturated carbocycles.